The average Bonchev–Trinajstić information content (AvgIpc) is 2.49. The van der Waals surface area contributed by atoms with Gasteiger partial charge in [0, 0.05) is 13.1 Å². The van der Waals surface area contributed by atoms with E-state index in [9.17, 15) is 9.90 Å². The highest BCUT2D eigenvalue weighted by atomic mass is 16.3. The highest BCUT2D eigenvalue weighted by Gasteiger charge is 2.23. The second-order valence-electron chi connectivity index (χ2n) is 5.65. The number of rotatable bonds is 3. The molecule has 2 N–H and O–H groups in total. The van der Waals surface area contributed by atoms with E-state index in [2.05, 4.69) is 5.32 Å². The minimum absolute atomic E-state index is 0.0391. The van der Waals surface area contributed by atoms with E-state index in [-0.39, 0.29) is 24.2 Å². The van der Waals surface area contributed by atoms with Gasteiger partial charge >= 0.3 is 6.03 Å². The van der Waals surface area contributed by atoms with Crippen molar-refractivity contribution in [2.45, 2.75) is 50.8 Å². The first kappa shape index (κ1) is 14.9. The molecule has 0 heterocycles. The fraction of sp³-hybridized carbons (Fsp3) is 0.562. The maximum Gasteiger partial charge on any atom is 0.317 e. The van der Waals surface area contributed by atoms with E-state index < -0.39 is 0 Å². The number of carbonyl (C=O) groups is 1. The van der Waals surface area contributed by atoms with Crippen LogP contribution in [0.3, 0.4) is 0 Å². The van der Waals surface area contributed by atoms with Gasteiger partial charge in [-0.05, 0) is 38.2 Å². The number of aliphatic hydroxyl groups is 1. The number of nitrogens with one attached hydrogen (secondary N) is 1. The summed E-state index contributed by atoms with van der Waals surface area (Å²) in [5, 5.41) is 12.5. The zero-order valence-corrected chi connectivity index (χ0v) is 12.2. The van der Waals surface area contributed by atoms with Gasteiger partial charge in [0.05, 0.1) is 12.1 Å². The predicted octanol–water partition coefficient (Wildman–Crippen LogP) is 2.69. The van der Waals surface area contributed by atoms with Crippen molar-refractivity contribution in [2.75, 3.05) is 7.05 Å². The first-order chi connectivity index (χ1) is 9.58. The molecule has 1 aliphatic carbocycles. The topological polar surface area (TPSA) is 52.6 Å². The lowest BCUT2D eigenvalue weighted by Crippen LogP contribution is -2.45. The Morgan fingerprint density at radius 2 is 1.85 bits per heavy atom. The van der Waals surface area contributed by atoms with E-state index in [0.717, 1.165) is 31.2 Å². The number of nitrogens with zero attached hydrogens (tertiary/aromatic N) is 1. The molecular weight excluding hydrogens is 252 g/mol. The Morgan fingerprint density at radius 3 is 2.45 bits per heavy atom. The first-order valence-electron chi connectivity index (χ1n) is 7.34. The van der Waals surface area contributed by atoms with Crippen LogP contribution in [0.2, 0.25) is 0 Å². The van der Waals surface area contributed by atoms with Gasteiger partial charge in [0.1, 0.15) is 0 Å². The molecule has 1 unspecified atom stereocenters. The maximum absolute atomic E-state index is 12.3. The van der Waals surface area contributed by atoms with Gasteiger partial charge in [-0.15, -0.1) is 0 Å². The molecule has 1 aromatic rings. The summed E-state index contributed by atoms with van der Waals surface area (Å²) in [5.41, 5.74) is 1.13. The van der Waals surface area contributed by atoms with E-state index in [1.807, 2.05) is 44.3 Å². The molecule has 20 heavy (non-hydrogen) atoms. The Balaban J connectivity index is 1.88. The number of hydrogen-bond acceptors (Lipinski definition) is 2. The molecule has 1 saturated carbocycles. The molecule has 1 aliphatic rings. The van der Waals surface area contributed by atoms with Gasteiger partial charge < -0.3 is 15.3 Å². The van der Waals surface area contributed by atoms with Gasteiger partial charge in [-0.1, -0.05) is 30.3 Å². The standard InChI is InChI=1S/C16H24N2O2/c1-12(13-6-4-3-5-7-13)18(2)16(20)17-14-8-10-15(19)11-9-14/h3-7,12,14-15,19H,8-11H2,1-2H3,(H,17,20). The zero-order valence-electron chi connectivity index (χ0n) is 12.2. The largest absolute Gasteiger partial charge is 0.393 e. The number of aliphatic hydroxyl groups excluding tert-OH is 1. The van der Waals surface area contributed by atoms with Crippen LogP contribution in [0.1, 0.15) is 44.2 Å². The van der Waals surface area contributed by atoms with Crippen LogP contribution in [-0.2, 0) is 0 Å². The summed E-state index contributed by atoms with van der Waals surface area (Å²) in [6.07, 6.45) is 3.09. The summed E-state index contributed by atoms with van der Waals surface area (Å²) >= 11 is 0. The molecule has 1 atom stereocenters. The maximum atomic E-state index is 12.3. The van der Waals surface area contributed by atoms with E-state index in [4.69, 9.17) is 0 Å². The number of hydrogen-bond donors (Lipinski definition) is 2. The molecule has 0 aliphatic heterocycles. The van der Waals surface area contributed by atoms with Gasteiger partial charge in [0.2, 0.25) is 0 Å². The van der Waals surface area contributed by atoms with Crippen LogP contribution in [0.15, 0.2) is 30.3 Å². The molecule has 0 bridgehead atoms. The van der Waals surface area contributed by atoms with Crippen molar-refractivity contribution < 1.29 is 9.90 Å². The fourth-order valence-electron chi connectivity index (χ4n) is 2.63. The number of carbonyl (C=O) groups excluding carboxylic acids is 1. The molecule has 2 amide bonds. The lowest BCUT2D eigenvalue weighted by molar-refractivity contribution is 0.115. The third-order valence-electron chi connectivity index (χ3n) is 4.21. The monoisotopic (exact) mass is 276 g/mol. The van der Waals surface area contributed by atoms with E-state index in [1.165, 1.54) is 0 Å². The summed E-state index contributed by atoms with van der Waals surface area (Å²) in [6.45, 7) is 2.03. The molecule has 0 saturated heterocycles. The third-order valence-corrected chi connectivity index (χ3v) is 4.21. The molecule has 1 fully saturated rings. The van der Waals surface area contributed by atoms with Gasteiger partial charge in [-0.25, -0.2) is 4.79 Å². The zero-order chi connectivity index (χ0) is 14.5. The average molecular weight is 276 g/mol. The smallest absolute Gasteiger partial charge is 0.317 e. The normalized spacial score (nSPS) is 23.9. The molecule has 0 aromatic heterocycles. The summed E-state index contributed by atoms with van der Waals surface area (Å²) in [4.78, 5) is 14.0. The molecule has 0 radical (unpaired) electrons. The predicted molar refractivity (Wildman–Crippen MR) is 79.4 cm³/mol. The summed E-state index contributed by atoms with van der Waals surface area (Å²) in [5.74, 6) is 0. The Labute approximate surface area is 120 Å². The number of amides is 2. The summed E-state index contributed by atoms with van der Waals surface area (Å²) in [7, 11) is 1.82. The number of benzene rings is 1. The van der Waals surface area contributed by atoms with Crippen molar-refractivity contribution in [1.82, 2.24) is 10.2 Å². The minimum atomic E-state index is -0.191. The Hall–Kier alpha value is -1.55. The Kier molecular flexibility index (Phi) is 5.01. The van der Waals surface area contributed by atoms with Crippen LogP contribution < -0.4 is 5.32 Å². The second kappa shape index (κ2) is 6.75. The van der Waals surface area contributed by atoms with Crippen LogP contribution in [0, 0.1) is 0 Å². The summed E-state index contributed by atoms with van der Waals surface area (Å²) < 4.78 is 0. The number of urea groups is 1. The molecular formula is C16H24N2O2. The quantitative estimate of drug-likeness (QED) is 0.892. The Bertz CT molecular complexity index is 427. The van der Waals surface area contributed by atoms with Gasteiger partial charge in [0.25, 0.3) is 0 Å². The van der Waals surface area contributed by atoms with Crippen LogP contribution in [0.25, 0.3) is 0 Å². The lowest BCUT2D eigenvalue weighted by Gasteiger charge is -2.31. The van der Waals surface area contributed by atoms with Crippen molar-refractivity contribution in [3.63, 3.8) is 0 Å². The van der Waals surface area contributed by atoms with Crippen molar-refractivity contribution in [3.8, 4) is 0 Å². The SMILES string of the molecule is CC(c1ccccc1)N(C)C(=O)NC1CCC(O)CC1. The van der Waals surface area contributed by atoms with Crippen LogP contribution in [0.5, 0.6) is 0 Å². The van der Waals surface area contributed by atoms with Gasteiger partial charge in [0.15, 0.2) is 0 Å². The third kappa shape index (κ3) is 3.73. The highest BCUT2D eigenvalue weighted by molar-refractivity contribution is 5.74. The Morgan fingerprint density at radius 1 is 1.25 bits per heavy atom. The van der Waals surface area contributed by atoms with Crippen molar-refractivity contribution in [2.24, 2.45) is 0 Å². The first-order valence-corrected chi connectivity index (χ1v) is 7.34. The molecule has 1 aromatic carbocycles. The van der Waals surface area contributed by atoms with E-state index >= 15 is 0 Å². The minimum Gasteiger partial charge on any atom is -0.393 e. The molecule has 2 rings (SSSR count). The van der Waals surface area contributed by atoms with E-state index in [0.29, 0.717) is 0 Å². The fourth-order valence-corrected chi connectivity index (χ4v) is 2.63. The molecule has 110 valence electrons. The van der Waals surface area contributed by atoms with Crippen molar-refractivity contribution >= 4 is 6.03 Å². The molecule has 4 nitrogen and oxygen atoms in total. The second-order valence-corrected chi connectivity index (χ2v) is 5.65. The van der Waals surface area contributed by atoms with Crippen LogP contribution >= 0.6 is 0 Å². The van der Waals surface area contributed by atoms with Crippen LogP contribution in [-0.4, -0.2) is 35.2 Å². The van der Waals surface area contributed by atoms with Crippen molar-refractivity contribution in [1.29, 1.82) is 0 Å². The van der Waals surface area contributed by atoms with Gasteiger partial charge in [-0.3, -0.25) is 0 Å². The van der Waals surface area contributed by atoms with Gasteiger partial charge in [-0.2, -0.15) is 0 Å². The molecule has 4 heteroatoms. The summed E-state index contributed by atoms with van der Waals surface area (Å²) in [6, 6.07) is 10.2. The lowest BCUT2D eigenvalue weighted by atomic mass is 9.93. The van der Waals surface area contributed by atoms with Crippen molar-refractivity contribution in [3.05, 3.63) is 35.9 Å². The molecule has 0 spiro atoms. The van der Waals surface area contributed by atoms with E-state index in [1.54, 1.807) is 4.90 Å². The highest BCUT2D eigenvalue weighted by Crippen LogP contribution is 2.21. The van der Waals surface area contributed by atoms with Crippen LogP contribution in [0.4, 0.5) is 4.79 Å².